The second-order valence-electron chi connectivity index (χ2n) is 8.07. The third-order valence-electron chi connectivity index (χ3n) is 5.78. The third-order valence-corrected chi connectivity index (χ3v) is 6.45. The molecule has 8 nitrogen and oxygen atoms in total. The number of imidazole rings is 1. The largest absolute Gasteiger partial charge is 0.368 e. The van der Waals surface area contributed by atoms with Gasteiger partial charge in [-0.05, 0) is 37.3 Å². The van der Waals surface area contributed by atoms with Crippen molar-refractivity contribution in [1.82, 2.24) is 24.4 Å². The molecule has 1 N–H and O–H groups in total. The van der Waals surface area contributed by atoms with Gasteiger partial charge >= 0.3 is 0 Å². The molecule has 0 spiro atoms. The zero-order valence-electron chi connectivity index (χ0n) is 18.3. The molecule has 4 aromatic rings. The number of amides is 1. The van der Waals surface area contributed by atoms with Gasteiger partial charge in [-0.1, -0.05) is 18.2 Å². The topological polar surface area (TPSA) is 93.0 Å². The van der Waals surface area contributed by atoms with E-state index in [1.165, 1.54) is 0 Å². The molecule has 5 rings (SSSR count). The fourth-order valence-corrected chi connectivity index (χ4v) is 4.66. The minimum Gasteiger partial charge on any atom is -0.368 e. The number of benzene rings is 1. The summed E-state index contributed by atoms with van der Waals surface area (Å²) in [5.74, 6) is 1.40. The highest BCUT2D eigenvalue weighted by Gasteiger charge is 2.20. The maximum Gasteiger partial charge on any atom is 0.222 e. The van der Waals surface area contributed by atoms with Crippen molar-refractivity contribution < 1.29 is 9.59 Å². The Morgan fingerprint density at radius 3 is 2.91 bits per heavy atom. The molecule has 1 fully saturated rings. The van der Waals surface area contributed by atoms with Gasteiger partial charge in [0.05, 0.1) is 5.69 Å². The highest BCUT2D eigenvalue weighted by atomic mass is 32.1. The Morgan fingerprint density at radius 1 is 1.24 bits per heavy atom. The van der Waals surface area contributed by atoms with Crippen molar-refractivity contribution in [3.8, 4) is 17.1 Å². The number of anilines is 1. The summed E-state index contributed by atoms with van der Waals surface area (Å²) in [6, 6.07) is 9.37. The molecule has 1 saturated heterocycles. The van der Waals surface area contributed by atoms with Gasteiger partial charge in [-0.15, -0.1) is 0 Å². The molecule has 168 valence electrons. The summed E-state index contributed by atoms with van der Waals surface area (Å²) in [7, 11) is 0. The summed E-state index contributed by atoms with van der Waals surface area (Å²) in [4.78, 5) is 39.8. The van der Waals surface area contributed by atoms with Crippen LogP contribution in [0, 0.1) is 0 Å². The molecule has 0 aliphatic carbocycles. The maximum absolute atomic E-state index is 11.9. The summed E-state index contributed by atoms with van der Waals surface area (Å²) in [5.41, 5.74) is 3.76. The Kier molecular flexibility index (Phi) is 5.87. The van der Waals surface area contributed by atoms with E-state index in [0.717, 1.165) is 37.2 Å². The number of nitrogens with one attached hydrogen (secondary N) is 1. The van der Waals surface area contributed by atoms with Gasteiger partial charge in [0, 0.05) is 42.6 Å². The number of carbonyl (C=O) groups excluding carboxylic acids is 2. The van der Waals surface area contributed by atoms with Crippen LogP contribution in [0.1, 0.15) is 36.5 Å². The fourth-order valence-electron chi connectivity index (χ4n) is 4.03. The summed E-state index contributed by atoms with van der Waals surface area (Å²) < 4.78 is 1.94. The first-order valence-electron chi connectivity index (χ1n) is 11.0. The van der Waals surface area contributed by atoms with Crippen molar-refractivity contribution in [2.24, 2.45) is 0 Å². The van der Waals surface area contributed by atoms with E-state index in [4.69, 9.17) is 9.97 Å². The van der Waals surface area contributed by atoms with Gasteiger partial charge in [0.15, 0.2) is 28.6 Å². The average Bonchev–Trinajstić information content (AvgIpc) is 3.57. The third kappa shape index (κ3) is 4.36. The molecule has 0 unspecified atom stereocenters. The van der Waals surface area contributed by atoms with Crippen molar-refractivity contribution in [3.63, 3.8) is 0 Å². The van der Waals surface area contributed by atoms with E-state index < -0.39 is 0 Å². The highest BCUT2D eigenvalue weighted by molar-refractivity contribution is 7.08. The Hall–Kier alpha value is -3.59. The predicted molar refractivity (Wildman–Crippen MR) is 129 cm³/mol. The molecule has 3 aromatic heterocycles. The Bertz CT molecular complexity index is 1310. The minimum atomic E-state index is -0.00366. The molecule has 33 heavy (non-hydrogen) atoms. The maximum atomic E-state index is 11.9. The normalized spacial score (nSPS) is 13.7. The molecule has 0 atom stereocenters. The quantitative estimate of drug-likeness (QED) is 0.313. The van der Waals surface area contributed by atoms with Crippen LogP contribution in [-0.2, 0) is 4.79 Å². The highest BCUT2D eigenvalue weighted by Crippen LogP contribution is 2.27. The lowest BCUT2D eigenvalue weighted by atomic mass is 10.1. The van der Waals surface area contributed by atoms with E-state index in [1.807, 2.05) is 44.5 Å². The van der Waals surface area contributed by atoms with E-state index in [-0.39, 0.29) is 11.7 Å². The second kappa shape index (κ2) is 9.11. The molecule has 4 heterocycles. The number of aromatic nitrogens is 4. The predicted octanol–water partition coefficient (Wildman–Crippen LogP) is 4.17. The summed E-state index contributed by atoms with van der Waals surface area (Å²) in [6.07, 6.45) is 4.17. The van der Waals surface area contributed by atoms with Crippen LogP contribution in [0.25, 0.3) is 28.2 Å². The van der Waals surface area contributed by atoms with Crippen LogP contribution in [-0.4, -0.2) is 55.7 Å². The van der Waals surface area contributed by atoms with Crippen LogP contribution >= 0.6 is 11.3 Å². The number of hydrogen-bond acceptors (Lipinski definition) is 7. The first-order chi connectivity index (χ1) is 16.1. The molecule has 0 radical (unpaired) electrons. The van der Waals surface area contributed by atoms with Gasteiger partial charge in [0.1, 0.15) is 6.33 Å². The molecule has 0 bridgehead atoms. The van der Waals surface area contributed by atoms with Crippen molar-refractivity contribution in [2.45, 2.75) is 26.2 Å². The molecule has 9 heteroatoms. The molecule has 1 aliphatic rings. The number of likely N-dealkylation sites (tertiary alicyclic amines) is 1. The van der Waals surface area contributed by atoms with Crippen LogP contribution in [0.4, 0.5) is 5.82 Å². The van der Waals surface area contributed by atoms with Gasteiger partial charge in [0.2, 0.25) is 5.91 Å². The molecule has 0 saturated carbocycles. The smallest absolute Gasteiger partial charge is 0.222 e. The first-order valence-corrected chi connectivity index (χ1v) is 11.9. The van der Waals surface area contributed by atoms with Crippen molar-refractivity contribution >= 4 is 40.0 Å². The van der Waals surface area contributed by atoms with Crippen LogP contribution in [0.2, 0.25) is 0 Å². The molecule has 1 aromatic carbocycles. The van der Waals surface area contributed by atoms with Crippen LogP contribution in [0.3, 0.4) is 0 Å². The number of hydrogen-bond donors (Lipinski definition) is 1. The van der Waals surface area contributed by atoms with Crippen molar-refractivity contribution in [2.75, 3.05) is 25.0 Å². The van der Waals surface area contributed by atoms with E-state index in [0.29, 0.717) is 41.3 Å². The zero-order valence-corrected chi connectivity index (χ0v) is 19.1. The van der Waals surface area contributed by atoms with E-state index in [9.17, 15) is 9.59 Å². The lowest BCUT2D eigenvalue weighted by Gasteiger charge is -2.15. The number of ketones is 1. The second-order valence-corrected chi connectivity index (χ2v) is 8.85. The first kappa shape index (κ1) is 21.3. The number of fused-ring (bicyclic) bond motifs is 1. The Morgan fingerprint density at radius 2 is 2.15 bits per heavy atom. The molecular weight excluding hydrogens is 436 g/mol. The Labute approximate surface area is 195 Å². The fraction of sp³-hybridized carbons (Fsp3) is 0.292. The van der Waals surface area contributed by atoms with Gasteiger partial charge < -0.3 is 10.2 Å². The SMILES string of the molecule is CC(=O)c1cccc(-c2nc(NCCCN3CCCC3=O)c3ncn(-c4ccsc4)c3n2)c1. The zero-order chi connectivity index (χ0) is 22.8. The number of thiophene rings is 1. The van der Waals surface area contributed by atoms with Crippen molar-refractivity contribution in [1.29, 1.82) is 0 Å². The number of nitrogens with zero attached hydrogens (tertiary/aromatic N) is 5. The van der Waals surface area contributed by atoms with Gasteiger partial charge in [-0.2, -0.15) is 11.3 Å². The summed E-state index contributed by atoms with van der Waals surface area (Å²) in [5, 5.41) is 7.46. The average molecular weight is 461 g/mol. The van der Waals surface area contributed by atoms with Crippen LogP contribution < -0.4 is 5.32 Å². The van der Waals surface area contributed by atoms with Crippen LogP contribution in [0.15, 0.2) is 47.4 Å². The molecule has 1 amide bonds. The number of Topliss-reactive ketones (excluding diaryl/α,β-unsaturated/α-hetero) is 1. The minimum absolute atomic E-state index is 0.00366. The molecule has 1 aliphatic heterocycles. The van der Waals surface area contributed by atoms with Crippen LogP contribution in [0.5, 0.6) is 0 Å². The number of rotatable bonds is 8. The van der Waals surface area contributed by atoms with Gasteiger partial charge in [-0.3, -0.25) is 14.2 Å². The Balaban J connectivity index is 1.48. The van der Waals surface area contributed by atoms with E-state index in [1.54, 1.807) is 30.7 Å². The molecular formula is C24H24N6O2S. The number of carbonyl (C=O) groups is 2. The van der Waals surface area contributed by atoms with Gasteiger partial charge in [0.25, 0.3) is 0 Å². The standard InChI is InChI=1S/C24H24N6O2S/c1-16(31)17-5-2-6-18(13-17)22-27-23(25-9-4-11-29-10-3-7-20(29)32)21-24(28-22)30(15-26-21)19-8-12-33-14-19/h2,5-6,8,12-15H,3-4,7,9-11H2,1H3,(H,25,27,28). The van der Waals surface area contributed by atoms with E-state index >= 15 is 0 Å². The van der Waals surface area contributed by atoms with Crippen molar-refractivity contribution in [3.05, 3.63) is 53.0 Å². The summed E-state index contributed by atoms with van der Waals surface area (Å²) >= 11 is 1.61. The lowest BCUT2D eigenvalue weighted by Crippen LogP contribution is -2.27. The lowest BCUT2D eigenvalue weighted by molar-refractivity contribution is -0.127. The monoisotopic (exact) mass is 460 g/mol. The van der Waals surface area contributed by atoms with E-state index in [2.05, 4.69) is 10.3 Å². The summed E-state index contributed by atoms with van der Waals surface area (Å²) in [6.45, 7) is 3.79. The van der Waals surface area contributed by atoms with Gasteiger partial charge in [-0.25, -0.2) is 15.0 Å².